The van der Waals surface area contributed by atoms with Gasteiger partial charge in [0.25, 0.3) is 0 Å². The van der Waals surface area contributed by atoms with E-state index in [0.717, 1.165) is 5.56 Å². The molecule has 2 rings (SSSR count). The number of nitriles is 1. The summed E-state index contributed by atoms with van der Waals surface area (Å²) in [6.07, 6.45) is 0. The monoisotopic (exact) mass is 213 g/mol. The summed E-state index contributed by atoms with van der Waals surface area (Å²) in [5.41, 5.74) is 0.493. The van der Waals surface area contributed by atoms with Gasteiger partial charge in [0.1, 0.15) is 0 Å². The fourth-order valence-corrected chi connectivity index (χ4v) is 1.30. The molecule has 0 saturated heterocycles. The van der Waals surface area contributed by atoms with E-state index in [2.05, 4.69) is 10.2 Å². The van der Waals surface area contributed by atoms with Crippen LogP contribution in [0.3, 0.4) is 0 Å². The number of benzene rings is 1. The molecule has 5 nitrogen and oxygen atoms in total. The van der Waals surface area contributed by atoms with E-state index in [4.69, 9.17) is 5.26 Å². The van der Waals surface area contributed by atoms with Gasteiger partial charge < -0.3 is 0 Å². The van der Waals surface area contributed by atoms with Gasteiger partial charge in [-0.2, -0.15) is 5.26 Å². The van der Waals surface area contributed by atoms with Crippen molar-refractivity contribution in [1.29, 1.82) is 5.26 Å². The summed E-state index contributed by atoms with van der Waals surface area (Å²) >= 11 is 0. The zero-order valence-corrected chi connectivity index (χ0v) is 8.15. The number of aromatic nitrogens is 2. The number of H-pyrrole nitrogens is 2. The van der Waals surface area contributed by atoms with Crippen LogP contribution in [0.15, 0.2) is 39.9 Å². The predicted octanol–water partition coefficient (Wildman–Crippen LogP) is 0.602. The number of rotatable bonds is 1. The van der Waals surface area contributed by atoms with Crippen LogP contribution in [-0.4, -0.2) is 10.2 Å². The second kappa shape index (κ2) is 3.87. The fraction of sp³-hybridized carbons (Fsp3) is 0. The lowest BCUT2D eigenvalue weighted by Gasteiger charge is -2.00. The molecular formula is C11H7N3O2. The molecule has 16 heavy (non-hydrogen) atoms. The molecule has 0 atom stereocenters. The fourth-order valence-electron chi connectivity index (χ4n) is 1.30. The first-order chi connectivity index (χ1) is 7.70. The highest BCUT2D eigenvalue weighted by Gasteiger charge is 2.00. The van der Waals surface area contributed by atoms with Crippen LogP contribution < -0.4 is 11.0 Å². The Labute approximate surface area is 90.0 Å². The summed E-state index contributed by atoms with van der Waals surface area (Å²) in [4.78, 5) is 22.0. The average Bonchev–Trinajstić information content (AvgIpc) is 2.33. The Morgan fingerprint density at radius 1 is 1.06 bits per heavy atom. The maximum absolute atomic E-state index is 11.1. The van der Waals surface area contributed by atoms with Gasteiger partial charge in [-0.25, -0.2) is 0 Å². The van der Waals surface area contributed by atoms with Gasteiger partial charge in [-0.1, -0.05) is 12.1 Å². The quantitative estimate of drug-likeness (QED) is 0.680. The van der Waals surface area contributed by atoms with Crippen molar-refractivity contribution in [1.82, 2.24) is 10.2 Å². The summed E-state index contributed by atoms with van der Waals surface area (Å²) in [5, 5.41) is 13.5. The summed E-state index contributed by atoms with van der Waals surface area (Å²) < 4.78 is 0. The summed E-state index contributed by atoms with van der Waals surface area (Å²) in [5.74, 6) is 0. The van der Waals surface area contributed by atoms with E-state index in [9.17, 15) is 9.59 Å². The first-order valence-electron chi connectivity index (χ1n) is 4.53. The van der Waals surface area contributed by atoms with Crippen molar-refractivity contribution in [2.75, 3.05) is 0 Å². The Kier molecular flexibility index (Phi) is 2.40. The number of nitrogens with one attached hydrogen (secondary N) is 2. The van der Waals surface area contributed by atoms with Crippen molar-refractivity contribution in [2.24, 2.45) is 0 Å². The van der Waals surface area contributed by atoms with Gasteiger partial charge in [0, 0.05) is 6.07 Å². The van der Waals surface area contributed by atoms with Crippen molar-refractivity contribution in [3.05, 3.63) is 56.5 Å². The van der Waals surface area contributed by atoms with Crippen molar-refractivity contribution in [3.8, 4) is 17.3 Å². The Morgan fingerprint density at radius 3 is 2.31 bits per heavy atom. The smallest absolute Gasteiger partial charge is 0.297 e. The van der Waals surface area contributed by atoms with Crippen LogP contribution >= 0.6 is 0 Å². The highest BCUT2D eigenvalue weighted by Crippen LogP contribution is 2.14. The van der Waals surface area contributed by atoms with Crippen LogP contribution in [0.1, 0.15) is 5.56 Å². The molecule has 0 saturated carbocycles. The first kappa shape index (κ1) is 9.93. The normalized spacial score (nSPS) is 9.69. The number of hydrogen-bond donors (Lipinski definition) is 2. The van der Waals surface area contributed by atoms with Crippen LogP contribution in [0.4, 0.5) is 0 Å². The SMILES string of the molecule is N#Cc1ccc(-c2cc(=O)c(=O)[nH][nH]2)cc1. The van der Waals surface area contributed by atoms with E-state index in [1.165, 1.54) is 6.07 Å². The van der Waals surface area contributed by atoms with Crippen molar-refractivity contribution >= 4 is 0 Å². The van der Waals surface area contributed by atoms with Crippen molar-refractivity contribution < 1.29 is 0 Å². The molecule has 0 spiro atoms. The van der Waals surface area contributed by atoms with Crippen molar-refractivity contribution in [2.45, 2.75) is 0 Å². The molecule has 0 amide bonds. The third-order valence-corrected chi connectivity index (χ3v) is 2.13. The zero-order chi connectivity index (χ0) is 11.5. The molecule has 5 heteroatoms. The van der Waals surface area contributed by atoms with Gasteiger partial charge in [0.05, 0.1) is 17.3 Å². The van der Waals surface area contributed by atoms with Crippen LogP contribution in [-0.2, 0) is 0 Å². The van der Waals surface area contributed by atoms with Crippen LogP contribution in [0, 0.1) is 11.3 Å². The largest absolute Gasteiger partial charge is 0.310 e. The molecule has 0 bridgehead atoms. The molecule has 0 aliphatic rings. The molecule has 0 aliphatic heterocycles. The Morgan fingerprint density at radius 2 is 1.75 bits per heavy atom. The van der Waals surface area contributed by atoms with Crippen LogP contribution in [0.2, 0.25) is 0 Å². The van der Waals surface area contributed by atoms with Gasteiger partial charge in [-0.15, -0.1) is 0 Å². The third-order valence-electron chi connectivity index (χ3n) is 2.13. The third kappa shape index (κ3) is 1.77. The highest BCUT2D eigenvalue weighted by atomic mass is 16.2. The molecule has 0 radical (unpaired) electrons. The van der Waals surface area contributed by atoms with Gasteiger partial charge in [0.2, 0.25) is 5.43 Å². The minimum Gasteiger partial charge on any atom is -0.297 e. The molecule has 1 aromatic heterocycles. The lowest BCUT2D eigenvalue weighted by atomic mass is 10.1. The van der Waals surface area contributed by atoms with Gasteiger partial charge in [-0.05, 0) is 17.7 Å². The van der Waals surface area contributed by atoms with Crippen molar-refractivity contribution in [3.63, 3.8) is 0 Å². The van der Waals surface area contributed by atoms with Crippen LogP contribution in [0.5, 0.6) is 0 Å². The summed E-state index contributed by atoms with van der Waals surface area (Å²) in [6, 6.07) is 9.89. The molecule has 0 fully saturated rings. The number of nitrogens with zero attached hydrogens (tertiary/aromatic N) is 1. The zero-order valence-electron chi connectivity index (χ0n) is 8.15. The topological polar surface area (TPSA) is 89.5 Å². The second-order valence-electron chi connectivity index (χ2n) is 3.19. The maximum atomic E-state index is 11.1. The Hall–Kier alpha value is -2.61. The minimum atomic E-state index is -0.683. The van der Waals surface area contributed by atoms with E-state index in [0.29, 0.717) is 11.3 Å². The average molecular weight is 213 g/mol. The van der Waals surface area contributed by atoms with Gasteiger partial charge in [-0.3, -0.25) is 19.8 Å². The van der Waals surface area contributed by atoms with Gasteiger partial charge in [0.15, 0.2) is 0 Å². The van der Waals surface area contributed by atoms with E-state index in [1.807, 2.05) is 6.07 Å². The standard InChI is InChI=1S/C11H7N3O2/c12-6-7-1-3-8(4-2-7)9-5-10(15)11(16)14-13-9/h1-5H,(H,13,15)(H,14,16). The highest BCUT2D eigenvalue weighted by molar-refractivity contribution is 5.59. The van der Waals surface area contributed by atoms with E-state index < -0.39 is 11.0 Å². The molecule has 0 unspecified atom stereocenters. The molecule has 1 heterocycles. The predicted molar refractivity (Wildman–Crippen MR) is 57.8 cm³/mol. The number of aromatic amines is 2. The molecule has 0 aliphatic carbocycles. The minimum absolute atomic E-state index is 0.508. The molecular weight excluding hydrogens is 206 g/mol. The summed E-state index contributed by atoms with van der Waals surface area (Å²) in [6.45, 7) is 0. The van der Waals surface area contributed by atoms with Gasteiger partial charge >= 0.3 is 5.56 Å². The maximum Gasteiger partial charge on any atom is 0.310 e. The van der Waals surface area contributed by atoms with E-state index >= 15 is 0 Å². The number of hydrogen-bond acceptors (Lipinski definition) is 3. The lowest BCUT2D eigenvalue weighted by Crippen LogP contribution is -2.26. The summed E-state index contributed by atoms with van der Waals surface area (Å²) in [7, 11) is 0. The molecule has 2 aromatic rings. The lowest BCUT2D eigenvalue weighted by molar-refractivity contribution is 0.979. The molecule has 1 aromatic carbocycles. The Bertz CT molecular complexity index is 659. The Balaban J connectivity index is 2.51. The molecule has 78 valence electrons. The van der Waals surface area contributed by atoms with E-state index in [1.54, 1.807) is 24.3 Å². The molecule has 2 N–H and O–H groups in total. The van der Waals surface area contributed by atoms with E-state index in [-0.39, 0.29) is 0 Å². The first-order valence-corrected chi connectivity index (χ1v) is 4.53. The van der Waals surface area contributed by atoms with Crippen LogP contribution in [0.25, 0.3) is 11.3 Å². The second-order valence-corrected chi connectivity index (χ2v) is 3.19.